The van der Waals surface area contributed by atoms with Crippen molar-refractivity contribution in [3.05, 3.63) is 0 Å². The average Bonchev–Trinajstić information content (AvgIpc) is 2.42. The second-order valence-electron chi connectivity index (χ2n) is 4.71. The molecular formula is C12H25NOS. The maximum Gasteiger partial charge on any atom is 0.0357 e. The van der Waals surface area contributed by atoms with E-state index in [9.17, 15) is 4.21 Å². The van der Waals surface area contributed by atoms with E-state index in [1.165, 1.54) is 38.5 Å². The number of nitrogens with one attached hydrogen (secondary N) is 1. The topological polar surface area (TPSA) is 29.1 Å². The van der Waals surface area contributed by atoms with Crippen LogP contribution < -0.4 is 5.32 Å². The molecule has 2 nitrogen and oxygen atoms in total. The minimum absolute atomic E-state index is 0.645. The van der Waals surface area contributed by atoms with Gasteiger partial charge in [0, 0.05) is 35.4 Å². The third kappa shape index (κ3) is 5.67. The summed E-state index contributed by atoms with van der Waals surface area (Å²) in [6, 6.07) is 0.685. The van der Waals surface area contributed by atoms with Crippen LogP contribution in [0.3, 0.4) is 0 Å². The molecule has 1 N–H and O–H groups in total. The van der Waals surface area contributed by atoms with Gasteiger partial charge >= 0.3 is 0 Å². The van der Waals surface area contributed by atoms with Gasteiger partial charge in [-0.25, -0.2) is 0 Å². The Labute approximate surface area is 96.7 Å². The highest BCUT2D eigenvalue weighted by Crippen LogP contribution is 2.25. The summed E-state index contributed by atoms with van der Waals surface area (Å²) < 4.78 is 10.9. The molecule has 0 amide bonds. The molecule has 1 aliphatic rings. The van der Waals surface area contributed by atoms with Gasteiger partial charge in [0.25, 0.3) is 0 Å². The smallest absolute Gasteiger partial charge is 0.0357 e. The number of hydrogen-bond acceptors (Lipinski definition) is 2. The molecule has 0 aliphatic heterocycles. The molecule has 1 rings (SSSR count). The first-order valence-corrected chi connectivity index (χ1v) is 7.98. The van der Waals surface area contributed by atoms with E-state index >= 15 is 0 Å². The Morgan fingerprint density at radius 1 is 1.27 bits per heavy atom. The lowest BCUT2D eigenvalue weighted by Gasteiger charge is -2.16. The van der Waals surface area contributed by atoms with Gasteiger partial charge in [-0.1, -0.05) is 26.2 Å². The zero-order valence-electron chi connectivity index (χ0n) is 10.1. The van der Waals surface area contributed by atoms with Crippen LogP contribution in [-0.2, 0) is 10.8 Å². The Kier molecular flexibility index (Phi) is 6.50. The summed E-state index contributed by atoms with van der Waals surface area (Å²) in [5.41, 5.74) is 0. The third-order valence-electron chi connectivity index (χ3n) is 3.49. The normalized spacial score (nSPS) is 29.7. The van der Waals surface area contributed by atoms with Crippen LogP contribution in [-0.4, -0.2) is 28.8 Å². The molecule has 3 unspecified atom stereocenters. The zero-order chi connectivity index (χ0) is 11.1. The first-order chi connectivity index (χ1) is 7.22. The Hall–Kier alpha value is 0.110. The van der Waals surface area contributed by atoms with Crippen LogP contribution >= 0.6 is 0 Å². The van der Waals surface area contributed by atoms with E-state index in [2.05, 4.69) is 12.2 Å². The molecule has 0 spiro atoms. The van der Waals surface area contributed by atoms with E-state index < -0.39 is 10.8 Å². The van der Waals surface area contributed by atoms with Crippen molar-refractivity contribution in [2.24, 2.45) is 5.92 Å². The molecule has 0 radical (unpaired) electrons. The summed E-state index contributed by atoms with van der Waals surface area (Å²) in [6.07, 6.45) is 9.90. The molecule has 0 aromatic carbocycles. The minimum atomic E-state index is -0.645. The van der Waals surface area contributed by atoms with Crippen molar-refractivity contribution in [3.63, 3.8) is 0 Å². The van der Waals surface area contributed by atoms with Gasteiger partial charge in [0.1, 0.15) is 0 Å². The molecule has 0 heterocycles. The molecule has 90 valence electrons. The highest BCUT2D eigenvalue weighted by molar-refractivity contribution is 7.84. The van der Waals surface area contributed by atoms with Crippen LogP contribution in [0.15, 0.2) is 0 Å². The highest BCUT2D eigenvalue weighted by Gasteiger charge is 2.16. The van der Waals surface area contributed by atoms with Crippen LogP contribution in [0.4, 0.5) is 0 Å². The molecule has 0 aromatic heterocycles. The quantitative estimate of drug-likeness (QED) is 0.736. The monoisotopic (exact) mass is 231 g/mol. The summed E-state index contributed by atoms with van der Waals surface area (Å²) >= 11 is 0. The maximum atomic E-state index is 10.9. The maximum absolute atomic E-state index is 10.9. The molecular weight excluding hydrogens is 206 g/mol. The van der Waals surface area contributed by atoms with Crippen molar-refractivity contribution in [3.8, 4) is 0 Å². The minimum Gasteiger partial charge on any atom is -0.313 e. The lowest BCUT2D eigenvalue weighted by atomic mass is 9.98. The highest BCUT2D eigenvalue weighted by atomic mass is 32.2. The van der Waals surface area contributed by atoms with Crippen molar-refractivity contribution in [1.82, 2.24) is 5.32 Å². The van der Waals surface area contributed by atoms with Crippen molar-refractivity contribution < 1.29 is 4.21 Å². The summed E-state index contributed by atoms with van der Waals surface area (Å²) in [7, 11) is -0.645. The summed E-state index contributed by atoms with van der Waals surface area (Å²) in [4.78, 5) is 0. The summed E-state index contributed by atoms with van der Waals surface area (Å²) in [5.74, 6) is 1.75. The first kappa shape index (κ1) is 13.2. The predicted molar refractivity (Wildman–Crippen MR) is 67.6 cm³/mol. The van der Waals surface area contributed by atoms with Crippen LogP contribution in [0.1, 0.15) is 45.4 Å². The van der Waals surface area contributed by atoms with E-state index in [-0.39, 0.29) is 0 Å². The SMILES string of the molecule is CCC1CCCC(NCCS(C)=O)CC1. The van der Waals surface area contributed by atoms with Gasteiger partial charge in [0.15, 0.2) is 0 Å². The van der Waals surface area contributed by atoms with E-state index in [0.717, 1.165) is 18.2 Å². The fraction of sp³-hybridized carbons (Fsp3) is 1.00. The largest absolute Gasteiger partial charge is 0.313 e. The second kappa shape index (κ2) is 7.39. The van der Waals surface area contributed by atoms with Gasteiger partial charge < -0.3 is 5.32 Å². The molecule has 3 atom stereocenters. The van der Waals surface area contributed by atoms with E-state index in [4.69, 9.17) is 0 Å². The Morgan fingerprint density at radius 2 is 2.07 bits per heavy atom. The van der Waals surface area contributed by atoms with E-state index in [1.54, 1.807) is 6.26 Å². The predicted octanol–water partition coefficient (Wildman–Crippen LogP) is 2.31. The Bertz CT molecular complexity index is 196. The summed E-state index contributed by atoms with van der Waals surface area (Å²) in [5, 5.41) is 3.54. The molecule has 1 saturated carbocycles. The van der Waals surface area contributed by atoms with Crippen molar-refractivity contribution in [2.75, 3.05) is 18.6 Å². The van der Waals surface area contributed by atoms with Crippen molar-refractivity contribution in [2.45, 2.75) is 51.5 Å². The van der Waals surface area contributed by atoms with Gasteiger partial charge in [0.2, 0.25) is 0 Å². The Morgan fingerprint density at radius 3 is 2.73 bits per heavy atom. The van der Waals surface area contributed by atoms with Crippen LogP contribution in [0.25, 0.3) is 0 Å². The van der Waals surface area contributed by atoms with Crippen LogP contribution in [0, 0.1) is 5.92 Å². The number of rotatable bonds is 5. The molecule has 15 heavy (non-hydrogen) atoms. The molecule has 1 fully saturated rings. The standard InChI is InChI=1S/C12H25NOS/c1-3-11-5-4-6-12(8-7-11)13-9-10-15(2)14/h11-13H,3-10H2,1-2H3. The molecule has 0 aromatic rings. The Balaban J connectivity index is 2.16. The zero-order valence-corrected chi connectivity index (χ0v) is 10.9. The van der Waals surface area contributed by atoms with Crippen LogP contribution in [0.2, 0.25) is 0 Å². The van der Waals surface area contributed by atoms with Crippen molar-refractivity contribution in [1.29, 1.82) is 0 Å². The lowest BCUT2D eigenvalue weighted by Crippen LogP contribution is -2.31. The fourth-order valence-electron chi connectivity index (χ4n) is 2.40. The molecule has 0 bridgehead atoms. The van der Waals surface area contributed by atoms with Crippen molar-refractivity contribution >= 4 is 10.8 Å². The van der Waals surface area contributed by atoms with Crippen LogP contribution in [0.5, 0.6) is 0 Å². The van der Waals surface area contributed by atoms with Gasteiger partial charge in [0.05, 0.1) is 0 Å². The average molecular weight is 231 g/mol. The van der Waals surface area contributed by atoms with Gasteiger partial charge in [-0.15, -0.1) is 0 Å². The molecule has 3 heteroatoms. The molecule has 1 aliphatic carbocycles. The first-order valence-electron chi connectivity index (χ1n) is 6.25. The van der Waals surface area contributed by atoms with Gasteiger partial charge in [-0.3, -0.25) is 4.21 Å². The van der Waals surface area contributed by atoms with Gasteiger partial charge in [-0.05, 0) is 25.2 Å². The van der Waals surface area contributed by atoms with E-state index in [0.29, 0.717) is 6.04 Å². The fourth-order valence-corrected chi connectivity index (χ4v) is 2.80. The van der Waals surface area contributed by atoms with E-state index in [1.807, 2.05) is 0 Å². The second-order valence-corrected chi connectivity index (χ2v) is 6.27. The number of hydrogen-bond donors (Lipinski definition) is 1. The third-order valence-corrected chi connectivity index (χ3v) is 4.27. The summed E-state index contributed by atoms with van der Waals surface area (Å²) in [6.45, 7) is 3.23. The van der Waals surface area contributed by atoms with Gasteiger partial charge in [-0.2, -0.15) is 0 Å². The lowest BCUT2D eigenvalue weighted by molar-refractivity contribution is 0.430. The molecule has 0 saturated heterocycles.